The third-order valence-corrected chi connectivity index (χ3v) is 4.84. The lowest BCUT2D eigenvalue weighted by molar-refractivity contribution is -0.119. The average Bonchev–Trinajstić information content (AvgIpc) is 2.80. The summed E-state index contributed by atoms with van der Waals surface area (Å²) in [6.07, 6.45) is 0. The Morgan fingerprint density at radius 2 is 1.48 bits per heavy atom. The predicted octanol–water partition coefficient (Wildman–Crippen LogP) is 3.86. The van der Waals surface area contributed by atoms with Crippen molar-refractivity contribution in [2.45, 2.75) is 6.61 Å². The van der Waals surface area contributed by atoms with Crippen LogP contribution in [-0.4, -0.2) is 36.7 Å². The largest absolute Gasteiger partial charge is 0.452 e. The maximum absolute atomic E-state index is 12.8. The Bertz CT molecular complexity index is 1290. The summed E-state index contributed by atoms with van der Waals surface area (Å²) < 4.78 is 33.7. The maximum atomic E-state index is 12.8. The molecule has 33 heavy (non-hydrogen) atoms. The molecule has 0 unspecified atom stereocenters. The SMILES string of the molecule is O=C(COC(=O)c1cccc(OC(F)F)c1)Nc1ccc2c(c1)C(=O)c1ccccc1C2=O. The lowest BCUT2D eigenvalue weighted by Gasteiger charge is -2.18. The van der Waals surface area contributed by atoms with Gasteiger partial charge in [-0.1, -0.05) is 30.3 Å². The van der Waals surface area contributed by atoms with Gasteiger partial charge in [0, 0.05) is 27.9 Å². The first kappa shape index (κ1) is 21.8. The Morgan fingerprint density at radius 1 is 0.818 bits per heavy atom. The summed E-state index contributed by atoms with van der Waals surface area (Å²) in [7, 11) is 0. The number of benzene rings is 3. The van der Waals surface area contributed by atoms with Crippen molar-refractivity contribution >= 4 is 29.1 Å². The molecule has 1 N–H and O–H groups in total. The third-order valence-electron chi connectivity index (χ3n) is 4.84. The highest BCUT2D eigenvalue weighted by Crippen LogP contribution is 2.29. The Kier molecular flexibility index (Phi) is 5.95. The molecule has 1 aliphatic rings. The molecule has 0 aromatic heterocycles. The lowest BCUT2D eigenvalue weighted by Crippen LogP contribution is -2.23. The fraction of sp³-hybridized carbons (Fsp3) is 0.0833. The Labute approximate surface area is 185 Å². The van der Waals surface area contributed by atoms with E-state index in [1.165, 1.54) is 36.4 Å². The summed E-state index contributed by atoms with van der Waals surface area (Å²) in [6.45, 7) is -3.71. The molecule has 1 amide bonds. The molecule has 7 nitrogen and oxygen atoms in total. The summed E-state index contributed by atoms with van der Waals surface area (Å²) in [5.41, 5.74) is 1.16. The van der Waals surface area contributed by atoms with Crippen LogP contribution in [0.15, 0.2) is 66.7 Å². The third kappa shape index (κ3) is 4.62. The van der Waals surface area contributed by atoms with Crippen molar-refractivity contribution in [3.63, 3.8) is 0 Å². The smallest absolute Gasteiger partial charge is 0.387 e. The minimum Gasteiger partial charge on any atom is -0.452 e. The van der Waals surface area contributed by atoms with E-state index in [0.717, 1.165) is 6.07 Å². The van der Waals surface area contributed by atoms with Crippen molar-refractivity contribution < 1.29 is 37.4 Å². The monoisotopic (exact) mass is 451 g/mol. The van der Waals surface area contributed by atoms with E-state index in [0.29, 0.717) is 5.56 Å². The van der Waals surface area contributed by atoms with Crippen LogP contribution >= 0.6 is 0 Å². The zero-order chi connectivity index (χ0) is 23.5. The molecule has 0 aliphatic heterocycles. The van der Waals surface area contributed by atoms with Crippen LogP contribution in [0.4, 0.5) is 14.5 Å². The van der Waals surface area contributed by atoms with Crippen LogP contribution in [0, 0.1) is 0 Å². The number of anilines is 1. The molecule has 166 valence electrons. The van der Waals surface area contributed by atoms with Gasteiger partial charge >= 0.3 is 12.6 Å². The fourth-order valence-electron chi connectivity index (χ4n) is 3.39. The van der Waals surface area contributed by atoms with Crippen molar-refractivity contribution in [3.8, 4) is 5.75 Å². The summed E-state index contributed by atoms with van der Waals surface area (Å²) >= 11 is 0. The molecule has 0 radical (unpaired) electrons. The number of fused-ring (bicyclic) bond motifs is 2. The van der Waals surface area contributed by atoms with Crippen LogP contribution in [0.25, 0.3) is 0 Å². The molecule has 3 aromatic carbocycles. The van der Waals surface area contributed by atoms with Crippen LogP contribution in [0.3, 0.4) is 0 Å². The second kappa shape index (κ2) is 8.99. The topological polar surface area (TPSA) is 98.8 Å². The maximum Gasteiger partial charge on any atom is 0.387 e. The van der Waals surface area contributed by atoms with E-state index in [1.807, 2.05) is 0 Å². The summed E-state index contributed by atoms with van der Waals surface area (Å²) in [5, 5.41) is 2.49. The Balaban J connectivity index is 1.41. The molecule has 3 aromatic rings. The first-order valence-electron chi connectivity index (χ1n) is 9.68. The van der Waals surface area contributed by atoms with E-state index in [9.17, 15) is 28.0 Å². The van der Waals surface area contributed by atoms with Crippen LogP contribution in [0.2, 0.25) is 0 Å². The number of hydrogen-bond donors (Lipinski definition) is 1. The van der Waals surface area contributed by atoms with Crippen LogP contribution in [0.1, 0.15) is 42.2 Å². The van der Waals surface area contributed by atoms with Gasteiger partial charge in [-0.3, -0.25) is 14.4 Å². The normalized spacial score (nSPS) is 12.1. The number of amides is 1. The van der Waals surface area contributed by atoms with E-state index in [1.54, 1.807) is 24.3 Å². The highest BCUT2D eigenvalue weighted by atomic mass is 19.3. The number of nitrogens with one attached hydrogen (secondary N) is 1. The van der Waals surface area contributed by atoms with Gasteiger partial charge < -0.3 is 14.8 Å². The van der Waals surface area contributed by atoms with Gasteiger partial charge in [-0.05, 0) is 36.4 Å². The molecular formula is C24H15F2NO6. The fourth-order valence-corrected chi connectivity index (χ4v) is 3.39. The summed E-state index contributed by atoms with van der Waals surface area (Å²) in [4.78, 5) is 49.7. The molecule has 0 spiro atoms. The highest BCUT2D eigenvalue weighted by Gasteiger charge is 2.29. The van der Waals surface area contributed by atoms with Crippen LogP contribution in [0.5, 0.6) is 5.75 Å². The number of hydrogen-bond acceptors (Lipinski definition) is 6. The molecule has 1 aliphatic carbocycles. The van der Waals surface area contributed by atoms with Crippen LogP contribution in [-0.2, 0) is 9.53 Å². The number of rotatable bonds is 6. The van der Waals surface area contributed by atoms with Crippen molar-refractivity contribution in [2.75, 3.05) is 11.9 Å². The molecule has 0 saturated carbocycles. The van der Waals surface area contributed by atoms with Gasteiger partial charge in [-0.25, -0.2) is 4.79 Å². The Hall–Kier alpha value is -4.40. The van der Waals surface area contributed by atoms with Crippen molar-refractivity contribution in [1.82, 2.24) is 0 Å². The second-order valence-electron chi connectivity index (χ2n) is 6.99. The molecule has 0 bridgehead atoms. The van der Waals surface area contributed by atoms with Gasteiger partial charge in [-0.2, -0.15) is 8.78 Å². The van der Waals surface area contributed by atoms with Gasteiger partial charge in [0.25, 0.3) is 5.91 Å². The lowest BCUT2D eigenvalue weighted by atomic mass is 9.84. The predicted molar refractivity (Wildman–Crippen MR) is 112 cm³/mol. The van der Waals surface area contributed by atoms with Crippen molar-refractivity contribution in [2.24, 2.45) is 0 Å². The number of carbonyl (C=O) groups is 4. The second-order valence-corrected chi connectivity index (χ2v) is 6.99. The van der Waals surface area contributed by atoms with Crippen molar-refractivity contribution in [3.05, 3.63) is 94.5 Å². The number of esters is 1. The number of alkyl halides is 2. The average molecular weight is 451 g/mol. The van der Waals surface area contributed by atoms with Gasteiger partial charge in [0.2, 0.25) is 0 Å². The van der Waals surface area contributed by atoms with Gasteiger partial charge in [-0.15, -0.1) is 0 Å². The zero-order valence-electron chi connectivity index (χ0n) is 16.8. The Morgan fingerprint density at radius 3 is 2.18 bits per heavy atom. The van der Waals surface area contributed by atoms with E-state index in [2.05, 4.69) is 10.1 Å². The quantitative estimate of drug-likeness (QED) is 0.447. The first-order chi connectivity index (χ1) is 15.8. The number of carbonyl (C=O) groups excluding carboxylic acids is 4. The van der Waals surface area contributed by atoms with Crippen molar-refractivity contribution in [1.29, 1.82) is 0 Å². The zero-order valence-corrected chi connectivity index (χ0v) is 16.8. The molecule has 0 atom stereocenters. The summed E-state index contributed by atoms with van der Waals surface area (Å²) in [5.74, 6) is -2.46. The number of halogens is 2. The first-order valence-corrected chi connectivity index (χ1v) is 9.68. The number of ether oxygens (including phenoxy) is 2. The van der Waals surface area contributed by atoms with E-state index < -0.39 is 25.1 Å². The van der Waals surface area contributed by atoms with Gasteiger partial charge in [0.05, 0.1) is 5.56 Å². The molecule has 9 heteroatoms. The highest BCUT2D eigenvalue weighted by molar-refractivity contribution is 6.28. The number of ketones is 2. The molecule has 0 saturated heterocycles. The van der Waals surface area contributed by atoms with E-state index in [4.69, 9.17) is 4.74 Å². The molecular weight excluding hydrogens is 436 g/mol. The molecule has 0 heterocycles. The van der Waals surface area contributed by atoms with Gasteiger partial charge in [0.15, 0.2) is 18.2 Å². The molecule has 4 rings (SSSR count). The molecule has 0 fully saturated rings. The minimum absolute atomic E-state index is 0.0718. The van der Waals surface area contributed by atoms with E-state index >= 15 is 0 Å². The van der Waals surface area contributed by atoms with Gasteiger partial charge in [0.1, 0.15) is 5.75 Å². The van der Waals surface area contributed by atoms with Crippen LogP contribution < -0.4 is 10.1 Å². The summed E-state index contributed by atoms with van der Waals surface area (Å²) in [6, 6.07) is 15.7. The standard InChI is InChI=1S/C24H15F2NO6/c25-24(26)33-15-5-3-4-13(10-15)23(31)32-12-20(28)27-14-8-9-18-19(11-14)22(30)17-7-2-1-6-16(17)21(18)29/h1-11,24H,12H2,(H,27,28). The minimum atomic E-state index is -3.05. The van der Waals surface area contributed by atoms with E-state index in [-0.39, 0.29) is 45.3 Å².